The molecule has 1 amide bonds. The molecule has 1 aliphatic heterocycles. The van der Waals surface area contributed by atoms with E-state index in [2.05, 4.69) is 4.74 Å². The van der Waals surface area contributed by atoms with Crippen LogP contribution in [0.4, 0.5) is 0 Å². The second-order valence-corrected chi connectivity index (χ2v) is 4.98. The summed E-state index contributed by atoms with van der Waals surface area (Å²) in [5, 5.41) is 20.4. The van der Waals surface area contributed by atoms with Crippen molar-refractivity contribution in [2.75, 3.05) is 7.11 Å². The maximum atomic E-state index is 11.5. The Morgan fingerprint density at radius 3 is 2.82 bits per heavy atom. The number of ether oxygens (including phenoxy) is 1. The lowest BCUT2D eigenvalue weighted by Gasteiger charge is -2.37. The van der Waals surface area contributed by atoms with E-state index in [-0.39, 0.29) is 18.2 Å². The van der Waals surface area contributed by atoms with Crippen LogP contribution in [0.25, 0.3) is 0 Å². The van der Waals surface area contributed by atoms with Crippen LogP contribution >= 0.6 is 0 Å². The summed E-state index contributed by atoms with van der Waals surface area (Å²) in [4.78, 5) is 22.8. The third kappa shape index (κ3) is 1.55. The average molecular weight is 243 g/mol. The molecule has 0 spiro atoms. The van der Waals surface area contributed by atoms with E-state index in [1.54, 1.807) is 6.92 Å². The molecule has 2 fully saturated rings. The smallest absolute Gasteiger partial charge is 0.335 e. The number of carbonyl (C=O) groups is 2. The molecule has 4 atom stereocenters. The highest BCUT2D eigenvalue weighted by atomic mass is 16.5. The molecule has 96 valence electrons. The number of hydroxylamine groups is 2. The molecule has 17 heavy (non-hydrogen) atoms. The van der Waals surface area contributed by atoms with E-state index in [1.807, 2.05) is 0 Å². The first-order valence-corrected chi connectivity index (χ1v) is 5.70. The highest BCUT2D eigenvalue weighted by Gasteiger charge is 2.60. The Morgan fingerprint density at radius 1 is 1.59 bits per heavy atom. The Kier molecular flexibility index (Phi) is 2.87. The Bertz CT molecular complexity index is 358. The number of esters is 1. The Hall–Kier alpha value is -1.14. The average Bonchev–Trinajstić information content (AvgIpc) is 2.74. The quantitative estimate of drug-likeness (QED) is 0.523. The molecular weight excluding hydrogens is 226 g/mol. The summed E-state index contributed by atoms with van der Waals surface area (Å²) in [6.45, 7) is 1.71. The van der Waals surface area contributed by atoms with Crippen molar-refractivity contribution >= 4 is 11.9 Å². The van der Waals surface area contributed by atoms with Crippen molar-refractivity contribution in [2.24, 2.45) is 11.8 Å². The minimum Gasteiger partial charge on any atom is -0.467 e. The van der Waals surface area contributed by atoms with Crippen LogP contribution in [-0.4, -0.2) is 46.0 Å². The molecular formula is C11H17NO5. The Morgan fingerprint density at radius 2 is 2.24 bits per heavy atom. The summed E-state index contributed by atoms with van der Waals surface area (Å²) >= 11 is 0. The van der Waals surface area contributed by atoms with Gasteiger partial charge in [0, 0.05) is 12.3 Å². The molecule has 0 bridgehead atoms. The van der Waals surface area contributed by atoms with Gasteiger partial charge < -0.3 is 9.84 Å². The van der Waals surface area contributed by atoms with E-state index in [4.69, 9.17) is 0 Å². The van der Waals surface area contributed by atoms with Crippen LogP contribution in [0.1, 0.15) is 26.2 Å². The lowest BCUT2D eigenvalue weighted by atomic mass is 9.81. The van der Waals surface area contributed by atoms with Gasteiger partial charge in [0.2, 0.25) is 5.91 Å². The van der Waals surface area contributed by atoms with Crippen LogP contribution in [-0.2, 0) is 14.3 Å². The first-order chi connectivity index (χ1) is 7.92. The molecule has 1 saturated carbocycles. The van der Waals surface area contributed by atoms with Crippen molar-refractivity contribution in [2.45, 2.75) is 37.8 Å². The van der Waals surface area contributed by atoms with Crippen LogP contribution in [0.5, 0.6) is 0 Å². The lowest BCUT2D eigenvalue weighted by molar-refractivity contribution is -0.195. The number of fused-ring (bicyclic) bond motifs is 1. The largest absolute Gasteiger partial charge is 0.467 e. The Labute approximate surface area is 99.1 Å². The zero-order valence-electron chi connectivity index (χ0n) is 9.92. The summed E-state index contributed by atoms with van der Waals surface area (Å²) in [7, 11) is 1.21. The van der Waals surface area contributed by atoms with Crippen molar-refractivity contribution in [3.8, 4) is 0 Å². The van der Waals surface area contributed by atoms with E-state index in [9.17, 15) is 19.9 Å². The number of nitrogens with zero attached hydrogens (tertiary/aromatic N) is 1. The lowest BCUT2D eigenvalue weighted by Crippen LogP contribution is -2.52. The van der Waals surface area contributed by atoms with E-state index in [0.29, 0.717) is 11.5 Å². The van der Waals surface area contributed by atoms with Gasteiger partial charge >= 0.3 is 5.97 Å². The number of rotatable bonds is 2. The van der Waals surface area contributed by atoms with Crippen molar-refractivity contribution in [1.82, 2.24) is 5.06 Å². The number of hydrogen-bond acceptors (Lipinski definition) is 5. The van der Waals surface area contributed by atoms with Gasteiger partial charge in [-0.2, -0.15) is 0 Å². The highest BCUT2D eigenvalue weighted by molar-refractivity contribution is 5.80. The normalized spacial score (nSPS) is 38.1. The first-order valence-electron chi connectivity index (χ1n) is 5.70. The second kappa shape index (κ2) is 3.96. The summed E-state index contributed by atoms with van der Waals surface area (Å²) in [5.41, 5.74) is -0.856. The van der Waals surface area contributed by atoms with Gasteiger partial charge in [-0.25, -0.2) is 9.86 Å². The van der Waals surface area contributed by atoms with E-state index < -0.39 is 23.5 Å². The van der Waals surface area contributed by atoms with E-state index in [1.165, 1.54) is 7.11 Å². The fourth-order valence-electron chi connectivity index (χ4n) is 3.24. The van der Waals surface area contributed by atoms with E-state index >= 15 is 0 Å². The van der Waals surface area contributed by atoms with Crippen LogP contribution in [0.3, 0.4) is 0 Å². The fraction of sp³-hybridized carbons (Fsp3) is 0.818. The third-order valence-electron chi connectivity index (χ3n) is 4.34. The zero-order chi connectivity index (χ0) is 12.8. The Balaban J connectivity index is 2.26. The summed E-state index contributed by atoms with van der Waals surface area (Å²) < 4.78 is 4.51. The summed E-state index contributed by atoms with van der Waals surface area (Å²) in [6, 6.07) is 0. The SMILES string of the molecule is COC(=O)[C@H](O)[C@H]1CC[C@H]2CC(=O)N(O)[C@]21C. The summed E-state index contributed by atoms with van der Waals surface area (Å²) in [5.74, 6) is -1.55. The minimum absolute atomic E-state index is 0.00990. The van der Waals surface area contributed by atoms with Crippen LogP contribution in [0.15, 0.2) is 0 Å². The van der Waals surface area contributed by atoms with Gasteiger partial charge in [-0.1, -0.05) is 0 Å². The number of amides is 1. The standard InChI is InChI=1S/C11H17NO5/c1-11-6(5-8(13)12(11)16)3-4-7(11)9(14)10(15)17-2/h6-7,9,14,16H,3-5H2,1-2H3/t6-,7+,9+,11+/m0/s1. The minimum atomic E-state index is -1.30. The molecule has 0 aromatic carbocycles. The molecule has 0 unspecified atom stereocenters. The van der Waals surface area contributed by atoms with Gasteiger partial charge in [0.05, 0.1) is 12.6 Å². The van der Waals surface area contributed by atoms with E-state index in [0.717, 1.165) is 6.42 Å². The van der Waals surface area contributed by atoms with Crippen molar-refractivity contribution in [3.05, 3.63) is 0 Å². The summed E-state index contributed by atoms with van der Waals surface area (Å²) in [6.07, 6.45) is 0.299. The molecule has 1 saturated heterocycles. The predicted molar refractivity (Wildman–Crippen MR) is 55.9 cm³/mol. The van der Waals surface area contributed by atoms with Gasteiger partial charge in [-0.05, 0) is 25.7 Å². The molecule has 1 aliphatic carbocycles. The molecule has 1 heterocycles. The molecule has 6 nitrogen and oxygen atoms in total. The van der Waals surface area contributed by atoms with Crippen molar-refractivity contribution < 1.29 is 24.6 Å². The molecule has 2 rings (SSSR count). The molecule has 2 N–H and O–H groups in total. The number of carbonyl (C=O) groups excluding carboxylic acids is 2. The number of methoxy groups -OCH3 is 1. The fourth-order valence-corrected chi connectivity index (χ4v) is 3.24. The first kappa shape index (κ1) is 12.3. The van der Waals surface area contributed by atoms with Gasteiger partial charge in [0.15, 0.2) is 6.10 Å². The van der Waals surface area contributed by atoms with Gasteiger partial charge in [-0.3, -0.25) is 10.0 Å². The molecule has 2 aliphatic rings. The molecule has 0 aromatic heterocycles. The van der Waals surface area contributed by atoms with Gasteiger partial charge in [-0.15, -0.1) is 0 Å². The molecule has 0 radical (unpaired) electrons. The number of aliphatic hydroxyl groups excluding tert-OH is 1. The third-order valence-corrected chi connectivity index (χ3v) is 4.34. The molecule has 0 aromatic rings. The van der Waals surface area contributed by atoms with Gasteiger partial charge in [0.25, 0.3) is 0 Å². The maximum absolute atomic E-state index is 11.5. The van der Waals surface area contributed by atoms with Crippen molar-refractivity contribution in [1.29, 1.82) is 0 Å². The second-order valence-electron chi connectivity index (χ2n) is 4.98. The molecule has 6 heteroatoms. The van der Waals surface area contributed by atoms with Crippen molar-refractivity contribution in [3.63, 3.8) is 0 Å². The van der Waals surface area contributed by atoms with Crippen LogP contribution in [0, 0.1) is 11.8 Å². The van der Waals surface area contributed by atoms with Gasteiger partial charge in [0.1, 0.15) is 0 Å². The van der Waals surface area contributed by atoms with Crippen LogP contribution in [0.2, 0.25) is 0 Å². The maximum Gasteiger partial charge on any atom is 0.335 e. The number of aliphatic hydroxyl groups is 1. The predicted octanol–water partition coefficient (Wildman–Crippen LogP) is -0.0733. The van der Waals surface area contributed by atoms with Crippen LogP contribution < -0.4 is 0 Å². The zero-order valence-corrected chi connectivity index (χ0v) is 9.92. The monoisotopic (exact) mass is 243 g/mol. The number of hydrogen-bond donors (Lipinski definition) is 2. The highest BCUT2D eigenvalue weighted by Crippen LogP contribution is 2.51. The topological polar surface area (TPSA) is 87.1 Å².